The monoisotopic (exact) mass is 396 g/mol. The summed E-state index contributed by atoms with van der Waals surface area (Å²) in [6, 6.07) is 13.4. The van der Waals surface area contributed by atoms with Gasteiger partial charge in [0, 0.05) is 17.7 Å². The first-order valence-corrected chi connectivity index (χ1v) is 10.4. The molecule has 3 rings (SSSR count). The molecule has 1 amide bonds. The molecule has 1 saturated heterocycles. The van der Waals surface area contributed by atoms with Crippen molar-refractivity contribution in [1.29, 1.82) is 0 Å². The summed E-state index contributed by atoms with van der Waals surface area (Å²) in [4.78, 5) is 15.2. The molecule has 2 aromatic carbocycles. The molecule has 2 aromatic rings. The van der Waals surface area contributed by atoms with Crippen LogP contribution in [0.4, 0.5) is 0 Å². The van der Waals surface area contributed by atoms with Crippen molar-refractivity contribution in [2.24, 2.45) is 0 Å². The van der Waals surface area contributed by atoms with Gasteiger partial charge in [-0.1, -0.05) is 25.0 Å². The van der Waals surface area contributed by atoms with E-state index < -0.39 is 0 Å². The van der Waals surface area contributed by atoms with Gasteiger partial charge < -0.3 is 14.8 Å². The number of hydrogen-bond acceptors (Lipinski definition) is 4. The Kier molecular flexibility index (Phi) is 7.53. The van der Waals surface area contributed by atoms with Crippen LogP contribution in [0.15, 0.2) is 42.5 Å². The van der Waals surface area contributed by atoms with E-state index in [1.807, 2.05) is 37.3 Å². The second-order valence-electron chi connectivity index (χ2n) is 7.69. The Hall–Kier alpha value is -2.53. The van der Waals surface area contributed by atoms with Crippen LogP contribution in [0.3, 0.4) is 0 Å². The highest BCUT2D eigenvalue weighted by Gasteiger charge is 2.16. The normalized spacial score (nSPS) is 16.0. The number of benzene rings is 2. The van der Waals surface area contributed by atoms with Gasteiger partial charge in [0.05, 0.1) is 20.3 Å². The van der Waals surface area contributed by atoms with Crippen molar-refractivity contribution in [1.82, 2.24) is 10.2 Å². The number of amides is 1. The molecule has 1 N–H and O–H groups in total. The maximum atomic E-state index is 12.7. The topological polar surface area (TPSA) is 50.8 Å². The fourth-order valence-electron chi connectivity index (χ4n) is 3.85. The Balaban J connectivity index is 1.63. The Labute approximate surface area is 174 Å². The molecule has 1 heterocycles. The van der Waals surface area contributed by atoms with Gasteiger partial charge in [-0.2, -0.15) is 0 Å². The van der Waals surface area contributed by atoms with Crippen molar-refractivity contribution in [3.05, 3.63) is 59.2 Å². The Bertz CT molecular complexity index is 796. The van der Waals surface area contributed by atoms with Gasteiger partial charge in [0.25, 0.3) is 5.91 Å². The summed E-state index contributed by atoms with van der Waals surface area (Å²) in [7, 11) is 3.25. The second-order valence-corrected chi connectivity index (χ2v) is 7.69. The number of rotatable bonds is 7. The molecule has 0 spiro atoms. The van der Waals surface area contributed by atoms with Crippen LogP contribution in [0.25, 0.3) is 0 Å². The molecule has 1 atom stereocenters. The van der Waals surface area contributed by atoms with Gasteiger partial charge in [0.2, 0.25) is 0 Å². The van der Waals surface area contributed by atoms with E-state index in [1.165, 1.54) is 44.3 Å². The van der Waals surface area contributed by atoms with Gasteiger partial charge in [-0.05, 0) is 68.8 Å². The highest BCUT2D eigenvalue weighted by atomic mass is 16.5. The standard InChI is InChI=1S/C24H32N2O3/c1-18(22-16-21(28-2)12-13-23(22)29-3)25-24(27)20-10-8-19(9-11-20)17-26-14-6-4-5-7-15-26/h8-13,16,18H,4-7,14-15,17H2,1-3H3,(H,25,27)/t18-/m1/s1. The van der Waals surface area contributed by atoms with Gasteiger partial charge in [0.15, 0.2) is 0 Å². The van der Waals surface area contributed by atoms with Crippen molar-refractivity contribution in [3.8, 4) is 11.5 Å². The van der Waals surface area contributed by atoms with Crippen LogP contribution in [0.1, 0.15) is 60.1 Å². The molecule has 0 saturated carbocycles. The van der Waals surface area contributed by atoms with E-state index in [2.05, 4.69) is 22.3 Å². The van der Waals surface area contributed by atoms with Gasteiger partial charge in [-0.3, -0.25) is 9.69 Å². The van der Waals surface area contributed by atoms with Crippen molar-refractivity contribution in [2.45, 2.75) is 45.2 Å². The smallest absolute Gasteiger partial charge is 0.251 e. The average Bonchev–Trinajstić information content (AvgIpc) is 3.02. The fraction of sp³-hybridized carbons (Fsp3) is 0.458. The second kappa shape index (κ2) is 10.3. The van der Waals surface area contributed by atoms with E-state index in [4.69, 9.17) is 9.47 Å². The minimum atomic E-state index is -0.204. The number of nitrogens with zero attached hydrogens (tertiary/aromatic N) is 1. The molecule has 0 aliphatic carbocycles. The number of hydrogen-bond donors (Lipinski definition) is 1. The summed E-state index contributed by atoms with van der Waals surface area (Å²) >= 11 is 0. The van der Waals surface area contributed by atoms with E-state index in [1.54, 1.807) is 14.2 Å². The lowest BCUT2D eigenvalue weighted by Crippen LogP contribution is -2.27. The summed E-state index contributed by atoms with van der Waals surface area (Å²) in [6.07, 6.45) is 5.25. The predicted octanol–water partition coefficient (Wildman–Crippen LogP) is 4.57. The summed E-state index contributed by atoms with van der Waals surface area (Å²) in [5.74, 6) is 1.37. The van der Waals surface area contributed by atoms with Crippen LogP contribution in [-0.2, 0) is 6.54 Å². The Morgan fingerprint density at radius 2 is 1.69 bits per heavy atom. The molecule has 0 unspecified atom stereocenters. The lowest BCUT2D eigenvalue weighted by molar-refractivity contribution is 0.0939. The van der Waals surface area contributed by atoms with E-state index in [0.29, 0.717) is 5.56 Å². The van der Waals surface area contributed by atoms with Crippen molar-refractivity contribution in [2.75, 3.05) is 27.3 Å². The molecule has 5 nitrogen and oxygen atoms in total. The lowest BCUT2D eigenvalue weighted by Gasteiger charge is -2.20. The average molecular weight is 397 g/mol. The molecule has 0 radical (unpaired) electrons. The van der Waals surface area contributed by atoms with Crippen LogP contribution in [0, 0.1) is 0 Å². The van der Waals surface area contributed by atoms with Crippen LogP contribution < -0.4 is 14.8 Å². The predicted molar refractivity (Wildman–Crippen MR) is 116 cm³/mol. The quantitative estimate of drug-likeness (QED) is 0.745. The van der Waals surface area contributed by atoms with E-state index >= 15 is 0 Å². The number of carbonyl (C=O) groups excluding carboxylic acids is 1. The number of carbonyl (C=O) groups is 1. The Morgan fingerprint density at radius 3 is 2.31 bits per heavy atom. The largest absolute Gasteiger partial charge is 0.497 e. The third kappa shape index (κ3) is 5.73. The van der Waals surface area contributed by atoms with E-state index in [-0.39, 0.29) is 11.9 Å². The minimum absolute atomic E-state index is 0.0938. The van der Waals surface area contributed by atoms with Crippen LogP contribution in [-0.4, -0.2) is 38.1 Å². The van der Waals surface area contributed by atoms with Crippen LogP contribution >= 0.6 is 0 Å². The first kappa shape index (κ1) is 21.2. The summed E-state index contributed by atoms with van der Waals surface area (Å²) in [6.45, 7) is 5.24. The first-order valence-electron chi connectivity index (χ1n) is 10.4. The van der Waals surface area contributed by atoms with Crippen molar-refractivity contribution < 1.29 is 14.3 Å². The molecule has 29 heavy (non-hydrogen) atoms. The maximum absolute atomic E-state index is 12.7. The molecule has 0 aromatic heterocycles. The number of ether oxygens (including phenoxy) is 2. The summed E-state index contributed by atoms with van der Waals surface area (Å²) in [5.41, 5.74) is 2.81. The molecule has 1 aliphatic heterocycles. The number of likely N-dealkylation sites (tertiary alicyclic amines) is 1. The van der Waals surface area contributed by atoms with Gasteiger partial charge in [-0.15, -0.1) is 0 Å². The minimum Gasteiger partial charge on any atom is -0.497 e. The maximum Gasteiger partial charge on any atom is 0.251 e. The van der Waals surface area contributed by atoms with Gasteiger partial charge in [-0.25, -0.2) is 0 Å². The highest BCUT2D eigenvalue weighted by molar-refractivity contribution is 5.94. The fourth-order valence-corrected chi connectivity index (χ4v) is 3.85. The molecule has 1 aliphatic rings. The van der Waals surface area contributed by atoms with Gasteiger partial charge in [0.1, 0.15) is 11.5 Å². The number of methoxy groups -OCH3 is 2. The van der Waals surface area contributed by atoms with Crippen molar-refractivity contribution in [3.63, 3.8) is 0 Å². The third-order valence-electron chi connectivity index (χ3n) is 5.57. The van der Waals surface area contributed by atoms with Crippen LogP contribution in [0.2, 0.25) is 0 Å². The molecule has 0 bridgehead atoms. The van der Waals surface area contributed by atoms with E-state index in [9.17, 15) is 4.79 Å². The zero-order chi connectivity index (χ0) is 20.6. The zero-order valence-electron chi connectivity index (χ0n) is 17.7. The summed E-state index contributed by atoms with van der Waals surface area (Å²) in [5, 5.41) is 3.06. The highest BCUT2D eigenvalue weighted by Crippen LogP contribution is 2.29. The molecule has 5 heteroatoms. The lowest BCUT2D eigenvalue weighted by atomic mass is 10.1. The SMILES string of the molecule is COc1ccc(OC)c([C@@H](C)NC(=O)c2ccc(CN3CCCCCC3)cc2)c1. The van der Waals surface area contributed by atoms with Crippen molar-refractivity contribution >= 4 is 5.91 Å². The molecule has 156 valence electrons. The molecule has 1 fully saturated rings. The zero-order valence-corrected chi connectivity index (χ0v) is 17.7. The van der Waals surface area contributed by atoms with Crippen LogP contribution in [0.5, 0.6) is 11.5 Å². The Morgan fingerprint density at radius 1 is 1.00 bits per heavy atom. The third-order valence-corrected chi connectivity index (χ3v) is 5.57. The first-order chi connectivity index (χ1) is 14.1. The molecular formula is C24H32N2O3. The summed E-state index contributed by atoms with van der Waals surface area (Å²) < 4.78 is 10.7. The van der Waals surface area contributed by atoms with E-state index in [0.717, 1.165) is 23.6 Å². The molecular weight excluding hydrogens is 364 g/mol. The van der Waals surface area contributed by atoms with Gasteiger partial charge >= 0.3 is 0 Å². The number of nitrogens with one attached hydrogen (secondary N) is 1.